The molecule has 2 N–H and O–H groups in total. The first-order valence-corrected chi connectivity index (χ1v) is 9.87. The number of ether oxygens (including phenoxy) is 2. The molecule has 30 heavy (non-hydrogen) atoms. The average molecular weight is 410 g/mol. The number of hydrogen-bond donors (Lipinski definition) is 2. The molecule has 1 heterocycles. The van der Waals surface area contributed by atoms with Crippen molar-refractivity contribution in [2.45, 2.75) is 31.8 Å². The van der Waals surface area contributed by atoms with Gasteiger partial charge in [-0.25, -0.2) is 9.59 Å². The highest BCUT2D eigenvalue weighted by Gasteiger charge is 2.21. The maximum Gasteiger partial charge on any atom is 0.339 e. The van der Waals surface area contributed by atoms with Crippen LogP contribution in [0.2, 0.25) is 0 Å². The minimum absolute atomic E-state index is 0.000221. The zero-order chi connectivity index (χ0) is 21.1. The third-order valence-corrected chi connectivity index (χ3v) is 5.18. The molecule has 0 radical (unpaired) electrons. The van der Waals surface area contributed by atoms with E-state index < -0.39 is 12.1 Å². The van der Waals surface area contributed by atoms with E-state index in [1.165, 1.54) is 24.3 Å². The van der Waals surface area contributed by atoms with Gasteiger partial charge in [0.15, 0.2) is 0 Å². The van der Waals surface area contributed by atoms with Gasteiger partial charge < -0.3 is 24.1 Å². The fraction of sp³-hybridized carbons (Fsp3) is 0.304. The molecule has 1 aliphatic rings. The fourth-order valence-electron chi connectivity index (χ4n) is 3.70. The van der Waals surface area contributed by atoms with Crippen LogP contribution in [0.15, 0.2) is 51.7 Å². The maximum absolute atomic E-state index is 12.2. The Bertz CT molecular complexity index is 1110. The number of aromatic carboxylic acids is 1. The molecule has 3 aromatic rings. The largest absolute Gasteiger partial charge is 0.491 e. The number of carboxylic acid groups (broad SMARTS) is 1. The molecular weight excluding hydrogens is 388 g/mol. The highest BCUT2D eigenvalue weighted by molar-refractivity contribution is 5.88. The Kier molecular flexibility index (Phi) is 5.72. The Balaban J connectivity index is 1.44. The second-order valence-corrected chi connectivity index (χ2v) is 7.29. The molecule has 7 heteroatoms. The van der Waals surface area contributed by atoms with E-state index in [2.05, 4.69) is 0 Å². The molecule has 7 nitrogen and oxygen atoms in total. The van der Waals surface area contributed by atoms with Crippen LogP contribution in [0, 0.1) is 0 Å². The van der Waals surface area contributed by atoms with Gasteiger partial charge in [-0.1, -0.05) is 6.07 Å². The molecule has 0 spiro atoms. The molecule has 0 saturated carbocycles. The summed E-state index contributed by atoms with van der Waals surface area (Å²) in [4.78, 5) is 23.1. The first-order chi connectivity index (χ1) is 14.5. The Hall–Kier alpha value is -3.32. The Morgan fingerprint density at radius 3 is 2.43 bits per heavy atom. The fourth-order valence-corrected chi connectivity index (χ4v) is 3.70. The molecule has 1 unspecified atom stereocenters. The number of carbonyl (C=O) groups is 1. The highest BCUT2D eigenvalue weighted by atomic mass is 16.5. The number of benzene rings is 2. The number of aliphatic hydroxyl groups is 1. The zero-order valence-electron chi connectivity index (χ0n) is 16.3. The van der Waals surface area contributed by atoms with Gasteiger partial charge in [-0.2, -0.15) is 0 Å². The van der Waals surface area contributed by atoms with Crippen LogP contribution in [0.1, 0.15) is 34.3 Å². The molecule has 0 saturated heterocycles. The molecule has 1 atom stereocenters. The van der Waals surface area contributed by atoms with E-state index in [9.17, 15) is 14.7 Å². The Labute approximate surface area is 172 Å². The van der Waals surface area contributed by atoms with Gasteiger partial charge >= 0.3 is 11.6 Å². The molecule has 0 amide bonds. The summed E-state index contributed by atoms with van der Waals surface area (Å²) in [6.45, 7) is -0.00933. The zero-order valence-corrected chi connectivity index (χ0v) is 16.3. The van der Waals surface area contributed by atoms with Gasteiger partial charge in [-0.15, -0.1) is 0 Å². The van der Waals surface area contributed by atoms with Gasteiger partial charge in [0.05, 0.1) is 10.9 Å². The van der Waals surface area contributed by atoms with E-state index in [1.807, 2.05) is 0 Å². The van der Waals surface area contributed by atoms with Crippen molar-refractivity contribution in [1.82, 2.24) is 0 Å². The molecule has 4 rings (SSSR count). The second-order valence-electron chi connectivity index (χ2n) is 7.29. The van der Waals surface area contributed by atoms with Gasteiger partial charge in [0.25, 0.3) is 0 Å². The summed E-state index contributed by atoms with van der Waals surface area (Å²) < 4.78 is 16.8. The molecule has 0 aliphatic heterocycles. The average Bonchev–Trinajstić information content (AvgIpc) is 2.76. The summed E-state index contributed by atoms with van der Waals surface area (Å²) in [5.74, 6) is 0.0161. The molecule has 156 valence electrons. The standard InChI is InChI=1S/C23H22O7/c24-15(12-28-16-10-8-14(9-11-16)22(25)26)13-29-19-6-3-7-20-21(19)17-4-1-2-5-18(17)23(27)30-20/h3,6-11,15,24H,1-2,4-5,12-13H2,(H,25,26). The van der Waals surface area contributed by atoms with E-state index in [1.54, 1.807) is 18.2 Å². The van der Waals surface area contributed by atoms with Crippen LogP contribution in [0.3, 0.4) is 0 Å². The molecule has 0 fully saturated rings. The van der Waals surface area contributed by atoms with Crippen molar-refractivity contribution < 1.29 is 28.9 Å². The van der Waals surface area contributed by atoms with Crippen LogP contribution in [-0.4, -0.2) is 35.5 Å². The van der Waals surface area contributed by atoms with E-state index in [-0.39, 0.29) is 24.4 Å². The summed E-state index contributed by atoms with van der Waals surface area (Å²) in [7, 11) is 0. The lowest BCUT2D eigenvalue weighted by Gasteiger charge is -2.19. The van der Waals surface area contributed by atoms with Crippen molar-refractivity contribution in [2.24, 2.45) is 0 Å². The number of carboxylic acids is 1. The number of hydrogen-bond acceptors (Lipinski definition) is 6. The van der Waals surface area contributed by atoms with Gasteiger partial charge in [0.2, 0.25) is 0 Å². The van der Waals surface area contributed by atoms with Crippen LogP contribution in [0.4, 0.5) is 0 Å². The molecule has 1 aliphatic carbocycles. The van der Waals surface area contributed by atoms with E-state index in [4.69, 9.17) is 19.0 Å². The summed E-state index contributed by atoms with van der Waals surface area (Å²) in [6, 6.07) is 11.3. The number of aryl methyl sites for hydroxylation is 1. The van der Waals surface area contributed by atoms with Crippen molar-refractivity contribution in [3.8, 4) is 11.5 Å². The molecule has 0 bridgehead atoms. The summed E-state index contributed by atoms with van der Waals surface area (Å²) in [5, 5.41) is 20.0. The number of fused-ring (bicyclic) bond motifs is 3. The number of aliphatic hydroxyl groups excluding tert-OH is 1. The van der Waals surface area contributed by atoms with E-state index in [0.29, 0.717) is 23.5 Å². The third kappa shape index (κ3) is 4.16. The summed E-state index contributed by atoms with van der Waals surface area (Å²) >= 11 is 0. The van der Waals surface area contributed by atoms with Crippen LogP contribution in [-0.2, 0) is 12.8 Å². The normalized spacial score (nSPS) is 14.2. The first-order valence-electron chi connectivity index (χ1n) is 9.87. The molecule has 2 aromatic carbocycles. The van der Waals surface area contributed by atoms with Crippen molar-refractivity contribution >= 4 is 16.9 Å². The lowest BCUT2D eigenvalue weighted by molar-refractivity contribution is 0.0630. The van der Waals surface area contributed by atoms with Crippen molar-refractivity contribution in [2.75, 3.05) is 13.2 Å². The van der Waals surface area contributed by atoms with Gasteiger partial charge in [-0.05, 0) is 67.6 Å². The van der Waals surface area contributed by atoms with Crippen LogP contribution in [0.25, 0.3) is 11.0 Å². The number of rotatable bonds is 7. The second kappa shape index (κ2) is 8.59. The predicted octanol–water partition coefficient (Wildman–Crippen LogP) is 3.19. The maximum atomic E-state index is 12.2. The smallest absolute Gasteiger partial charge is 0.339 e. The van der Waals surface area contributed by atoms with Crippen LogP contribution in [0.5, 0.6) is 11.5 Å². The third-order valence-electron chi connectivity index (χ3n) is 5.18. The lowest BCUT2D eigenvalue weighted by Crippen LogP contribution is -2.25. The lowest BCUT2D eigenvalue weighted by atomic mass is 9.90. The van der Waals surface area contributed by atoms with Gasteiger partial charge in [0.1, 0.15) is 36.4 Å². The predicted molar refractivity (Wildman–Crippen MR) is 110 cm³/mol. The Morgan fingerprint density at radius 1 is 1.00 bits per heavy atom. The molecular formula is C23H22O7. The van der Waals surface area contributed by atoms with E-state index in [0.717, 1.165) is 35.8 Å². The minimum atomic E-state index is -1.01. The van der Waals surface area contributed by atoms with Crippen molar-refractivity contribution in [3.05, 3.63) is 69.6 Å². The quantitative estimate of drug-likeness (QED) is 0.576. The van der Waals surface area contributed by atoms with Crippen molar-refractivity contribution in [3.63, 3.8) is 0 Å². The SMILES string of the molecule is O=C(O)c1ccc(OCC(O)COc2cccc3oc(=O)c4c(c23)CCCC4)cc1. The topological polar surface area (TPSA) is 106 Å². The van der Waals surface area contributed by atoms with Gasteiger partial charge in [-0.3, -0.25) is 0 Å². The monoisotopic (exact) mass is 410 g/mol. The molecule has 1 aromatic heterocycles. The van der Waals surface area contributed by atoms with E-state index >= 15 is 0 Å². The van der Waals surface area contributed by atoms with Gasteiger partial charge in [0, 0.05) is 5.56 Å². The van der Waals surface area contributed by atoms with Crippen LogP contribution >= 0.6 is 0 Å². The first kappa shape index (κ1) is 20.0. The Morgan fingerprint density at radius 2 is 1.70 bits per heavy atom. The van der Waals surface area contributed by atoms with Crippen LogP contribution < -0.4 is 15.1 Å². The summed E-state index contributed by atoms with van der Waals surface area (Å²) in [5.41, 5.74) is 2.07. The van der Waals surface area contributed by atoms with Crippen molar-refractivity contribution in [1.29, 1.82) is 0 Å². The minimum Gasteiger partial charge on any atom is -0.491 e. The highest BCUT2D eigenvalue weighted by Crippen LogP contribution is 2.33. The summed E-state index contributed by atoms with van der Waals surface area (Å²) in [6.07, 6.45) is 2.59.